The van der Waals surface area contributed by atoms with Crippen molar-refractivity contribution in [2.45, 2.75) is 45.4 Å². The third-order valence-corrected chi connectivity index (χ3v) is 4.59. The molecule has 3 rings (SSSR count). The van der Waals surface area contributed by atoms with Crippen LogP contribution in [-0.4, -0.2) is 28.6 Å². The summed E-state index contributed by atoms with van der Waals surface area (Å²) in [6.45, 7) is 5.47. The monoisotopic (exact) mass is 465 g/mol. The maximum Gasteiger partial charge on any atom is 0.408 e. The van der Waals surface area contributed by atoms with Gasteiger partial charge < -0.3 is 20.1 Å². The van der Waals surface area contributed by atoms with Crippen molar-refractivity contribution >= 4 is 12.0 Å². The first kappa shape index (κ1) is 24.7. The Labute approximate surface area is 198 Å². The topological polar surface area (TPSA) is 89.5 Å². The van der Waals surface area contributed by atoms with Crippen LogP contribution in [0.15, 0.2) is 72.9 Å². The number of hydrogen-bond acceptors (Lipinski definition) is 5. The van der Waals surface area contributed by atoms with Crippen molar-refractivity contribution in [2.75, 3.05) is 0 Å². The Morgan fingerprint density at radius 1 is 1.00 bits per heavy atom. The summed E-state index contributed by atoms with van der Waals surface area (Å²) >= 11 is 0. The van der Waals surface area contributed by atoms with E-state index >= 15 is 0 Å². The van der Waals surface area contributed by atoms with Crippen LogP contribution in [0, 0.1) is 5.82 Å². The van der Waals surface area contributed by atoms with Gasteiger partial charge in [-0.2, -0.15) is 0 Å². The van der Waals surface area contributed by atoms with Gasteiger partial charge in [0.15, 0.2) is 0 Å². The van der Waals surface area contributed by atoms with Gasteiger partial charge >= 0.3 is 6.09 Å². The van der Waals surface area contributed by atoms with Crippen LogP contribution in [0.3, 0.4) is 0 Å². The number of benzene rings is 2. The molecule has 0 spiro atoms. The summed E-state index contributed by atoms with van der Waals surface area (Å²) in [4.78, 5) is 29.4. The lowest BCUT2D eigenvalue weighted by Crippen LogP contribution is -2.49. The van der Waals surface area contributed by atoms with Crippen molar-refractivity contribution in [3.8, 4) is 11.6 Å². The molecule has 0 aliphatic carbocycles. The molecule has 2 N–H and O–H groups in total. The Kier molecular flexibility index (Phi) is 8.19. The van der Waals surface area contributed by atoms with Crippen molar-refractivity contribution in [3.63, 3.8) is 0 Å². The number of aromatic nitrogens is 1. The van der Waals surface area contributed by atoms with E-state index in [1.165, 1.54) is 24.3 Å². The minimum atomic E-state index is -0.825. The SMILES string of the molecule is CC(C)(C)OC(=O)NC(Cc1ccccc1)C(=O)NCc1ccnc(Oc2ccc(F)cc2)c1. The Morgan fingerprint density at radius 2 is 1.71 bits per heavy atom. The highest BCUT2D eigenvalue weighted by molar-refractivity contribution is 5.86. The number of amides is 2. The number of halogens is 1. The molecule has 178 valence electrons. The van der Waals surface area contributed by atoms with E-state index < -0.39 is 17.7 Å². The second kappa shape index (κ2) is 11.3. The summed E-state index contributed by atoms with van der Waals surface area (Å²) < 4.78 is 24.0. The summed E-state index contributed by atoms with van der Waals surface area (Å²) in [7, 11) is 0. The van der Waals surface area contributed by atoms with E-state index in [-0.39, 0.29) is 18.3 Å². The molecule has 0 aliphatic heterocycles. The molecule has 2 aromatic carbocycles. The number of carbonyl (C=O) groups is 2. The highest BCUT2D eigenvalue weighted by Gasteiger charge is 2.24. The van der Waals surface area contributed by atoms with Crippen LogP contribution in [0.1, 0.15) is 31.9 Å². The Morgan fingerprint density at radius 3 is 2.38 bits per heavy atom. The van der Waals surface area contributed by atoms with E-state index in [2.05, 4.69) is 15.6 Å². The number of alkyl carbamates (subject to hydrolysis) is 1. The van der Waals surface area contributed by atoms with E-state index in [0.717, 1.165) is 11.1 Å². The maximum atomic E-state index is 13.1. The van der Waals surface area contributed by atoms with Crippen LogP contribution in [0.5, 0.6) is 11.6 Å². The zero-order chi connectivity index (χ0) is 24.6. The molecule has 0 saturated heterocycles. The molecule has 0 bridgehead atoms. The highest BCUT2D eigenvalue weighted by atomic mass is 19.1. The zero-order valence-corrected chi connectivity index (χ0v) is 19.4. The van der Waals surface area contributed by atoms with Gasteiger partial charge in [-0.25, -0.2) is 14.2 Å². The van der Waals surface area contributed by atoms with E-state index in [1.807, 2.05) is 30.3 Å². The van der Waals surface area contributed by atoms with Gasteiger partial charge in [0.2, 0.25) is 11.8 Å². The van der Waals surface area contributed by atoms with Crippen LogP contribution in [0.2, 0.25) is 0 Å². The predicted molar refractivity (Wildman–Crippen MR) is 126 cm³/mol. The zero-order valence-electron chi connectivity index (χ0n) is 19.4. The molecule has 8 heteroatoms. The minimum absolute atomic E-state index is 0.197. The van der Waals surface area contributed by atoms with Gasteiger partial charge in [0.1, 0.15) is 23.2 Å². The summed E-state index contributed by atoms with van der Waals surface area (Å²) in [5, 5.41) is 5.51. The summed E-state index contributed by atoms with van der Waals surface area (Å²) in [5.41, 5.74) is 0.962. The standard InChI is InChI=1S/C26H28FN3O4/c1-26(2,3)34-25(32)30-22(15-18-7-5-4-6-8-18)24(31)29-17-19-13-14-28-23(16-19)33-21-11-9-20(27)10-12-21/h4-14,16,22H,15,17H2,1-3H3,(H,29,31)(H,30,32). The van der Waals surface area contributed by atoms with Gasteiger partial charge in [-0.05, 0) is 62.2 Å². The lowest BCUT2D eigenvalue weighted by molar-refractivity contribution is -0.123. The predicted octanol–water partition coefficient (Wildman–Crippen LogP) is 4.77. The van der Waals surface area contributed by atoms with Crippen LogP contribution < -0.4 is 15.4 Å². The molecule has 7 nitrogen and oxygen atoms in total. The first-order chi connectivity index (χ1) is 16.2. The number of nitrogens with zero attached hydrogens (tertiary/aromatic N) is 1. The molecule has 0 aliphatic rings. The Balaban J connectivity index is 1.64. The van der Waals surface area contributed by atoms with Crippen LogP contribution in [0.25, 0.3) is 0 Å². The molecule has 1 unspecified atom stereocenters. The number of ether oxygens (including phenoxy) is 2. The van der Waals surface area contributed by atoms with E-state index in [0.29, 0.717) is 18.1 Å². The maximum absolute atomic E-state index is 13.1. The quantitative estimate of drug-likeness (QED) is 0.500. The molecule has 1 aromatic heterocycles. The van der Waals surface area contributed by atoms with Crippen LogP contribution >= 0.6 is 0 Å². The fourth-order valence-electron chi connectivity index (χ4n) is 3.06. The molecule has 0 radical (unpaired) electrons. The molecule has 34 heavy (non-hydrogen) atoms. The van der Waals surface area contributed by atoms with Crippen molar-refractivity contribution in [2.24, 2.45) is 0 Å². The lowest BCUT2D eigenvalue weighted by Gasteiger charge is -2.23. The smallest absolute Gasteiger partial charge is 0.408 e. The third kappa shape index (κ3) is 8.20. The lowest BCUT2D eigenvalue weighted by atomic mass is 10.1. The van der Waals surface area contributed by atoms with Gasteiger partial charge in [0, 0.05) is 25.2 Å². The second-order valence-corrected chi connectivity index (χ2v) is 8.66. The fraction of sp³-hybridized carbons (Fsp3) is 0.269. The van der Waals surface area contributed by atoms with Crippen LogP contribution in [0.4, 0.5) is 9.18 Å². The normalized spacial score (nSPS) is 11.9. The highest BCUT2D eigenvalue weighted by Crippen LogP contribution is 2.20. The summed E-state index contributed by atoms with van der Waals surface area (Å²) in [5.74, 6) is 0.0417. The van der Waals surface area contributed by atoms with E-state index in [9.17, 15) is 14.0 Å². The Hall–Kier alpha value is -3.94. The molecule has 0 saturated carbocycles. The van der Waals surface area contributed by atoms with E-state index in [4.69, 9.17) is 9.47 Å². The van der Waals surface area contributed by atoms with E-state index in [1.54, 1.807) is 39.1 Å². The van der Waals surface area contributed by atoms with Gasteiger partial charge in [-0.1, -0.05) is 30.3 Å². The number of carbonyl (C=O) groups excluding carboxylic acids is 2. The van der Waals surface area contributed by atoms with Crippen molar-refractivity contribution in [1.82, 2.24) is 15.6 Å². The molecular formula is C26H28FN3O4. The van der Waals surface area contributed by atoms with Gasteiger partial charge in [0.25, 0.3) is 0 Å². The number of rotatable bonds is 8. The first-order valence-electron chi connectivity index (χ1n) is 10.9. The largest absolute Gasteiger partial charge is 0.444 e. The third-order valence-electron chi connectivity index (χ3n) is 4.59. The van der Waals surface area contributed by atoms with Gasteiger partial charge in [0.05, 0.1) is 0 Å². The van der Waals surface area contributed by atoms with Gasteiger partial charge in [-0.15, -0.1) is 0 Å². The number of pyridine rings is 1. The van der Waals surface area contributed by atoms with Crippen LogP contribution in [-0.2, 0) is 22.5 Å². The molecule has 0 fully saturated rings. The average Bonchev–Trinajstić information content (AvgIpc) is 2.78. The summed E-state index contributed by atoms with van der Waals surface area (Å²) in [6.07, 6.45) is 1.20. The summed E-state index contributed by atoms with van der Waals surface area (Å²) in [6, 6.07) is 17.6. The molecule has 2 amide bonds. The first-order valence-corrected chi connectivity index (χ1v) is 10.9. The fourth-order valence-corrected chi connectivity index (χ4v) is 3.06. The van der Waals surface area contributed by atoms with Crippen molar-refractivity contribution in [3.05, 3.63) is 89.9 Å². The number of hydrogen-bond donors (Lipinski definition) is 2. The average molecular weight is 466 g/mol. The molecule has 1 heterocycles. The second-order valence-electron chi connectivity index (χ2n) is 8.66. The van der Waals surface area contributed by atoms with Gasteiger partial charge in [-0.3, -0.25) is 4.79 Å². The minimum Gasteiger partial charge on any atom is -0.444 e. The van der Waals surface area contributed by atoms with Crippen molar-refractivity contribution < 1.29 is 23.5 Å². The molecule has 1 atom stereocenters. The number of nitrogens with one attached hydrogen (secondary N) is 2. The molecular weight excluding hydrogens is 437 g/mol. The van der Waals surface area contributed by atoms with Crippen molar-refractivity contribution in [1.29, 1.82) is 0 Å². The Bertz CT molecular complexity index is 1100. The molecule has 3 aromatic rings.